The zero-order valence-electron chi connectivity index (χ0n) is 32.8. The maximum atomic E-state index is 12.7. The van der Waals surface area contributed by atoms with E-state index in [1.54, 1.807) is 20.4 Å². The van der Waals surface area contributed by atoms with Gasteiger partial charge in [0, 0.05) is 70.5 Å². The summed E-state index contributed by atoms with van der Waals surface area (Å²) >= 11 is -1.33. The number of aromatic nitrogens is 4. The van der Waals surface area contributed by atoms with Gasteiger partial charge in [0.05, 0.1) is 56.2 Å². The highest BCUT2D eigenvalue weighted by molar-refractivity contribution is 7.90. The average Bonchev–Trinajstić information content (AvgIpc) is 3.67. The topological polar surface area (TPSA) is 105 Å². The van der Waals surface area contributed by atoms with E-state index < -0.39 is 11.2 Å². The second-order valence-corrected chi connectivity index (χ2v) is 16.3. The van der Waals surface area contributed by atoms with Crippen LogP contribution in [-0.2, 0) is 28.2 Å². The van der Waals surface area contributed by atoms with Crippen molar-refractivity contribution in [2.24, 2.45) is 11.8 Å². The van der Waals surface area contributed by atoms with E-state index in [1.165, 1.54) is 35.9 Å². The lowest BCUT2D eigenvalue weighted by Gasteiger charge is -2.58. The fourth-order valence-corrected chi connectivity index (χ4v) is 9.96. The lowest BCUT2D eigenvalue weighted by molar-refractivity contribution is -0.985. The highest BCUT2D eigenvalue weighted by Crippen LogP contribution is 2.49. The molecule has 0 amide bonds. The van der Waals surface area contributed by atoms with E-state index in [-0.39, 0.29) is 11.9 Å². The molecule has 6 atom stereocenters. The number of aryl methyl sites for hydroxylation is 1. The van der Waals surface area contributed by atoms with Gasteiger partial charge in [-0.15, -0.1) is 13.2 Å². The molecule has 3 aliphatic rings. The minimum absolute atomic E-state index is 0.0122. The monoisotopic (exact) mass is 770 g/mol. The Hall–Kier alpha value is -5.00. The summed E-state index contributed by atoms with van der Waals surface area (Å²) < 4.78 is 31.0. The number of imidazole rings is 1. The van der Waals surface area contributed by atoms with E-state index in [0.717, 1.165) is 56.7 Å². The molecule has 3 aromatic carbocycles. The van der Waals surface area contributed by atoms with Gasteiger partial charge in [0.1, 0.15) is 30.2 Å². The third-order valence-corrected chi connectivity index (χ3v) is 12.8. The van der Waals surface area contributed by atoms with E-state index in [9.17, 15) is 4.55 Å². The van der Waals surface area contributed by atoms with Gasteiger partial charge >= 0.3 is 5.16 Å². The van der Waals surface area contributed by atoms with Gasteiger partial charge in [-0.25, -0.2) is 0 Å². The molecule has 6 heterocycles. The summed E-state index contributed by atoms with van der Waals surface area (Å²) in [6, 6.07) is 27.5. The second kappa shape index (κ2) is 17.4. The maximum absolute atomic E-state index is 12.7. The molecule has 10 heteroatoms. The SMILES string of the molecule is C=CCO[C@H](c1ccnc2ccccc12)[C@@H]1C[C@@H]2CC[N@@+]1(Cc1ccccc1)C[C@@H]2C=C.COc1ccc2[nH]c([S@+]([O-])Cc3ncc(C)c(OC)c3C)nc2c1. The summed E-state index contributed by atoms with van der Waals surface area (Å²) in [4.78, 5) is 16.5. The van der Waals surface area contributed by atoms with Crippen LogP contribution in [-0.4, -0.2) is 68.9 Å². The lowest BCUT2D eigenvalue weighted by atomic mass is 9.71. The number of ether oxygens (including phenoxy) is 3. The van der Waals surface area contributed by atoms with Crippen molar-refractivity contribution in [3.8, 4) is 11.5 Å². The number of benzene rings is 3. The molecule has 0 spiro atoms. The number of pyridine rings is 2. The predicted molar refractivity (Wildman–Crippen MR) is 224 cm³/mol. The molecule has 0 saturated carbocycles. The minimum atomic E-state index is -1.33. The number of piperidine rings is 3. The first-order chi connectivity index (χ1) is 27.3. The van der Waals surface area contributed by atoms with Crippen LogP contribution in [0.1, 0.15) is 46.9 Å². The number of hydrogen-bond acceptors (Lipinski definition) is 7. The molecule has 0 aliphatic carbocycles. The summed E-state index contributed by atoms with van der Waals surface area (Å²) in [7, 11) is 3.23. The van der Waals surface area contributed by atoms with Crippen LogP contribution >= 0.6 is 0 Å². The van der Waals surface area contributed by atoms with Crippen molar-refractivity contribution in [2.75, 3.05) is 33.9 Å². The van der Waals surface area contributed by atoms with Crippen LogP contribution in [0.2, 0.25) is 0 Å². The van der Waals surface area contributed by atoms with E-state index in [4.69, 9.17) is 14.2 Å². The lowest BCUT2D eigenvalue weighted by Crippen LogP contribution is -2.67. The summed E-state index contributed by atoms with van der Waals surface area (Å²) in [5.41, 5.74) is 7.86. The molecule has 2 bridgehead atoms. The van der Waals surface area contributed by atoms with Gasteiger partial charge in [0.2, 0.25) is 0 Å². The Balaban J connectivity index is 0.000000179. The predicted octanol–water partition coefficient (Wildman–Crippen LogP) is 8.99. The number of H-pyrrole nitrogens is 1. The molecule has 3 saturated heterocycles. The van der Waals surface area contributed by atoms with Crippen molar-refractivity contribution in [1.82, 2.24) is 19.9 Å². The van der Waals surface area contributed by atoms with Crippen molar-refractivity contribution < 1.29 is 23.2 Å². The van der Waals surface area contributed by atoms with Crippen LogP contribution < -0.4 is 9.47 Å². The molecule has 0 unspecified atom stereocenters. The normalized spacial score (nSPS) is 21.2. The first-order valence-electron chi connectivity index (χ1n) is 19.3. The molecule has 1 N–H and O–H groups in total. The fourth-order valence-electron chi connectivity index (χ4n) is 8.86. The number of rotatable bonds is 13. The van der Waals surface area contributed by atoms with E-state index in [0.29, 0.717) is 35.4 Å². The third-order valence-electron chi connectivity index (χ3n) is 11.7. The van der Waals surface area contributed by atoms with Gasteiger partial charge in [-0.3, -0.25) is 15.0 Å². The zero-order valence-corrected chi connectivity index (χ0v) is 33.6. The Labute approximate surface area is 333 Å². The smallest absolute Gasteiger partial charge is 0.322 e. The Morgan fingerprint density at radius 3 is 2.55 bits per heavy atom. The Morgan fingerprint density at radius 2 is 1.79 bits per heavy atom. The number of aromatic amines is 1. The molecule has 290 valence electrons. The van der Waals surface area contributed by atoms with Gasteiger partial charge in [-0.05, 0) is 49.6 Å². The van der Waals surface area contributed by atoms with Crippen molar-refractivity contribution >= 4 is 33.1 Å². The molecular formula is C46H52N5O4S+. The number of methoxy groups -OCH3 is 2. The molecule has 56 heavy (non-hydrogen) atoms. The number of nitrogens with zero attached hydrogens (tertiary/aromatic N) is 4. The molecule has 6 aromatic rings. The van der Waals surface area contributed by atoms with Gasteiger partial charge in [-0.2, -0.15) is 4.98 Å². The Bertz CT molecular complexity index is 2290. The number of hydrogen-bond donors (Lipinski definition) is 1. The van der Waals surface area contributed by atoms with Crippen LogP contribution in [0, 0.1) is 25.7 Å². The second-order valence-electron chi connectivity index (χ2n) is 14.9. The highest BCUT2D eigenvalue weighted by Gasteiger charge is 2.54. The summed E-state index contributed by atoms with van der Waals surface area (Å²) in [6.07, 6.45) is 10.2. The largest absolute Gasteiger partial charge is 0.609 e. The summed E-state index contributed by atoms with van der Waals surface area (Å²) in [6.45, 7) is 15.9. The van der Waals surface area contributed by atoms with Crippen molar-refractivity contribution in [3.05, 3.63) is 145 Å². The first kappa shape index (κ1) is 39.2. The number of fused-ring (bicyclic) bond motifs is 5. The highest BCUT2D eigenvalue weighted by atomic mass is 32.2. The van der Waals surface area contributed by atoms with Gasteiger partial charge in [0.15, 0.2) is 5.75 Å². The quantitative estimate of drug-likeness (QED) is 0.0710. The Kier molecular flexibility index (Phi) is 12.2. The minimum Gasteiger partial charge on any atom is -0.609 e. The van der Waals surface area contributed by atoms with Crippen molar-refractivity contribution in [3.63, 3.8) is 0 Å². The molecular weight excluding hydrogens is 719 g/mol. The molecule has 0 radical (unpaired) electrons. The molecule has 3 aromatic heterocycles. The molecule has 9 rings (SSSR count). The standard InChI is InChI=1S/C29H33N2O.C17H19N3O3S/c1-3-18-32-29(26-14-16-30-27-13-9-8-12-25(26)27)28-19-24-15-17-31(28,21-23(24)4-2)20-22-10-6-5-7-11-22;1-10-8-18-15(11(2)16(10)23-4)9-24(21)17-19-13-6-5-12(22-3)7-14(13)20-17/h3-14,16,23-24,28-29H,1-2,15,17-21H2;5-8H,9H2,1-4H3,(H,19,20)/q+1;/t23-,24-,28-,29+,31+;24-/m01/s1. The molecule has 3 fully saturated rings. The summed E-state index contributed by atoms with van der Waals surface area (Å²) in [5.74, 6) is 3.05. The van der Waals surface area contributed by atoms with Crippen LogP contribution in [0.3, 0.4) is 0 Å². The van der Waals surface area contributed by atoms with Gasteiger partial charge < -0.3 is 23.2 Å². The van der Waals surface area contributed by atoms with Crippen LogP contribution in [0.4, 0.5) is 0 Å². The van der Waals surface area contributed by atoms with E-state index >= 15 is 0 Å². The van der Waals surface area contributed by atoms with Gasteiger partial charge in [-0.1, -0.05) is 60.7 Å². The number of quaternary nitrogens is 1. The van der Waals surface area contributed by atoms with Crippen molar-refractivity contribution in [2.45, 2.75) is 56.3 Å². The maximum Gasteiger partial charge on any atom is 0.322 e. The van der Waals surface area contributed by atoms with E-state index in [2.05, 4.69) is 99.8 Å². The first-order valence-corrected chi connectivity index (χ1v) is 20.6. The van der Waals surface area contributed by atoms with Crippen LogP contribution in [0.15, 0.2) is 122 Å². The summed E-state index contributed by atoms with van der Waals surface area (Å²) in [5, 5.41) is 1.63. The van der Waals surface area contributed by atoms with Crippen LogP contribution in [0.25, 0.3) is 21.9 Å². The van der Waals surface area contributed by atoms with Gasteiger partial charge in [0.25, 0.3) is 0 Å². The van der Waals surface area contributed by atoms with E-state index in [1.807, 2.05) is 44.3 Å². The number of nitrogens with one attached hydrogen (secondary N) is 1. The fraction of sp³-hybridized carbons (Fsp3) is 0.326. The third kappa shape index (κ3) is 8.11. The molecule has 9 nitrogen and oxygen atoms in total. The number of para-hydroxylation sites is 1. The Morgan fingerprint density at radius 1 is 0.982 bits per heavy atom. The zero-order chi connectivity index (χ0) is 39.2. The average molecular weight is 771 g/mol. The van der Waals surface area contributed by atoms with Crippen molar-refractivity contribution in [1.29, 1.82) is 0 Å². The molecule has 3 aliphatic heterocycles. The van der Waals surface area contributed by atoms with Crippen LogP contribution in [0.5, 0.6) is 11.5 Å².